The van der Waals surface area contributed by atoms with E-state index in [1.807, 2.05) is 6.07 Å². The number of aromatic nitrogens is 3. The van der Waals surface area contributed by atoms with Crippen LogP contribution in [0.5, 0.6) is 0 Å². The number of aromatic carboxylic acids is 1. The average Bonchev–Trinajstić information content (AvgIpc) is 3.00. The summed E-state index contributed by atoms with van der Waals surface area (Å²) in [5, 5.41) is 13.4. The molecule has 1 saturated carbocycles. The van der Waals surface area contributed by atoms with Crippen LogP contribution < -0.4 is 5.56 Å². The van der Waals surface area contributed by atoms with Gasteiger partial charge in [0.1, 0.15) is 11.3 Å². The molecular formula is C13H15N3O3. The maximum atomic E-state index is 11.9. The third-order valence-corrected chi connectivity index (χ3v) is 3.88. The van der Waals surface area contributed by atoms with Crippen LogP contribution in [0, 0.1) is 0 Å². The monoisotopic (exact) mass is 261 g/mol. The van der Waals surface area contributed by atoms with Gasteiger partial charge in [-0.15, -0.1) is 0 Å². The molecular weight excluding hydrogens is 246 g/mol. The number of aryl methyl sites for hydroxylation is 1. The first-order chi connectivity index (χ1) is 9.08. The Hall–Kier alpha value is -2.11. The molecule has 3 rings (SSSR count). The lowest BCUT2D eigenvalue weighted by atomic mass is 10.1. The molecule has 1 fully saturated rings. The van der Waals surface area contributed by atoms with Crippen molar-refractivity contribution >= 4 is 11.6 Å². The summed E-state index contributed by atoms with van der Waals surface area (Å²) in [5.41, 5.74) is 1.02. The average molecular weight is 261 g/mol. The molecule has 1 N–H and O–H groups in total. The Morgan fingerprint density at radius 2 is 2.05 bits per heavy atom. The molecule has 0 aliphatic heterocycles. The fourth-order valence-electron chi connectivity index (χ4n) is 2.81. The Morgan fingerprint density at radius 3 is 2.68 bits per heavy atom. The molecule has 2 heterocycles. The fourth-order valence-corrected chi connectivity index (χ4v) is 2.81. The van der Waals surface area contributed by atoms with Crippen LogP contribution in [0.2, 0.25) is 0 Å². The molecule has 6 nitrogen and oxygen atoms in total. The smallest absolute Gasteiger partial charge is 0.352 e. The molecule has 2 aromatic heterocycles. The van der Waals surface area contributed by atoms with Crippen LogP contribution in [0.4, 0.5) is 0 Å². The van der Waals surface area contributed by atoms with Crippen molar-refractivity contribution in [2.75, 3.05) is 0 Å². The molecule has 0 amide bonds. The number of rotatable bonds is 2. The van der Waals surface area contributed by atoms with Gasteiger partial charge in [-0.25, -0.2) is 4.79 Å². The van der Waals surface area contributed by atoms with Crippen LogP contribution in [0.25, 0.3) is 5.65 Å². The highest BCUT2D eigenvalue weighted by atomic mass is 16.4. The number of carboxylic acids is 1. The van der Waals surface area contributed by atoms with Crippen LogP contribution in [0.15, 0.2) is 16.9 Å². The summed E-state index contributed by atoms with van der Waals surface area (Å²) in [6, 6.07) is 2.95. The number of hydrogen-bond donors (Lipinski definition) is 1. The Balaban J connectivity index is 2.21. The predicted molar refractivity (Wildman–Crippen MR) is 68.6 cm³/mol. The van der Waals surface area contributed by atoms with Crippen molar-refractivity contribution in [2.24, 2.45) is 7.05 Å². The first kappa shape index (κ1) is 12.0. The van der Waals surface area contributed by atoms with Gasteiger partial charge in [0.15, 0.2) is 0 Å². The molecule has 2 aromatic rings. The molecule has 0 atom stereocenters. The van der Waals surface area contributed by atoms with E-state index in [-0.39, 0.29) is 5.69 Å². The maximum Gasteiger partial charge on any atom is 0.352 e. The first-order valence-corrected chi connectivity index (χ1v) is 6.41. The Bertz CT molecular complexity index is 708. The minimum Gasteiger partial charge on any atom is -0.477 e. The summed E-state index contributed by atoms with van der Waals surface area (Å²) in [4.78, 5) is 23.0. The number of fused-ring (bicyclic) bond motifs is 1. The van der Waals surface area contributed by atoms with E-state index in [4.69, 9.17) is 5.11 Å². The topological polar surface area (TPSA) is 76.6 Å². The summed E-state index contributed by atoms with van der Waals surface area (Å²) in [6.45, 7) is 0. The zero-order valence-corrected chi connectivity index (χ0v) is 10.7. The van der Waals surface area contributed by atoms with Crippen LogP contribution >= 0.6 is 0 Å². The van der Waals surface area contributed by atoms with Gasteiger partial charge in [-0.05, 0) is 12.8 Å². The SMILES string of the molecule is Cn1c(C(=O)O)cc(=O)n2nc(C3CCCC3)cc12. The molecule has 0 spiro atoms. The molecule has 19 heavy (non-hydrogen) atoms. The summed E-state index contributed by atoms with van der Waals surface area (Å²) >= 11 is 0. The number of hydrogen-bond acceptors (Lipinski definition) is 3. The molecule has 1 aliphatic rings. The summed E-state index contributed by atoms with van der Waals surface area (Å²) in [7, 11) is 1.64. The van der Waals surface area contributed by atoms with Gasteiger partial charge in [0, 0.05) is 25.1 Å². The second kappa shape index (κ2) is 4.22. The second-order valence-electron chi connectivity index (χ2n) is 5.05. The summed E-state index contributed by atoms with van der Waals surface area (Å²) in [5.74, 6) is -0.710. The van der Waals surface area contributed by atoms with Crippen molar-refractivity contribution in [3.63, 3.8) is 0 Å². The van der Waals surface area contributed by atoms with Crippen molar-refractivity contribution < 1.29 is 9.90 Å². The molecule has 100 valence electrons. The number of carboxylic acid groups (broad SMARTS) is 1. The van der Waals surface area contributed by atoms with Gasteiger partial charge in [-0.1, -0.05) is 12.8 Å². The standard InChI is InChI=1S/C13H15N3O3/c1-15-10(13(18)19)7-12(17)16-11(15)6-9(14-16)8-4-2-3-5-8/h6-8H,2-5H2,1H3,(H,18,19). The van der Waals surface area contributed by atoms with Gasteiger partial charge in [-0.2, -0.15) is 9.61 Å². The van der Waals surface area contributed by atoms with Gasteiger partial charge >= 0.3 is 5.97 Å². The minimum atomic E-state index is -1.11. The van der Waals surface area contributed by atoms with Crippen LogP contribution in [-0.2, 0) is 7.05 Å². The lowest BCUT2D eigenvalue weighted by Gasteiger charge is -2.05. The molecule has 0 saturated heterocycles. The van der Waals surface area contributed by atoms with Gasteiger partial charge in [0.05, 0.1) is 5.69 Å². The molecule has 0 aromatic carbocycles. The van der Waals surface area contributed by atoms with Gasteiger partial charge in [0.25, 0.3) is 5.56 Å². The largest absolute Gasteiger partial charge is 0.477 e. The molecule has 1 aliphatic carbocycles. The van der Waals surface area contributed by atoms with Crippen molar-refractivity contribution in [2.45, 2.75) is 31.6 Å². The van der Waals surface area contributed by atoms with E-state index >= 15 is 0 Å². The number of carbonyl (C=O) groups is 1. The van der Waals surface area contributed by atoms with Gasteiger partial charge in [0.2, 0.25) is 0 Å². The van der Waals surface area contributed by atoms with Crippen molar-refractivity contribution in [1.29, 1.82) is 0 Å². The van der Waals surface area contributed by atoms with E-state index in [0.717, 1.165) is 24.6 Å². The van der Waals surface area contributed by atoms with E-state index in [1.54, 1.807) is 7.05 Å². The fraction of sp³-hybridized carbons (Fsp3) is 0.462. The van der Waals surface area contributed by atoms with Gasteiger partial charge < -0.3 is 9.67 Å². The van der Waals surface area contributed by atoms with Gasteiger partial charge in [-0.3, -0.25) is 4.79 Å². The molecule has 0 bridgehead atoms. The number of nitrogens with zero attached hydrogens (tertiary/aromatic N) is 3. The summed E-state index contributed by atoms with van der Waals surface area (Å²) in [6.07, 6.45) is 4.56. The third kappa shape index (κ3) is 1.83. The summed E-state index contributed by atoms with van der Waals surface area (Å²) < 4.78 is 2.79. The van der Waals surface area contributed by atoms with Crippen molar-refractivity contribution in [3.05, 3.63) is 33.9 Å². The van der Waals surface area contributed by atoms with Crippen molar-refractivity contribution in [3.8, 4) is 0 Å². The molecule has 6 heteroatoms. The zero-order chi connectivity index (χ0) is 13.6. The van der Waals surface area contributed by atoms with E-state index in [9.17, 15) is 9.59 Å². The Labute approximate surface area is 109 Å². The van der Waals surface area contributed by atoms with E-state index in [2.05, 4.69) is 5.10 Å². The van der Waals surface area contributed by atoms with E-state index in [1.165, 1.54) is 21.9 Å². The highest BCUT2D eigenvalue weighted by Crippen LogP contribution is 2.33. The minimum absolute atomic E-state index is 0.0182. The normalized spacial score (nSPS) is 16.3. The van der Waals surface area contributed by atoms with Crippen LogP contribution in [0.1, 0.15) is 47.8 Å². The van der Waals surface area contributed by atoms with Crippen molar-refractivity contribution in [1.82, 2.24) is 14.2 Å². The van der Waals surface area contributed by atoms with Crippen LogP contribution in [-0.4, -0.2) is 25.3 Å². The Morgan fingerprint density at radius 1 is 1.37 bits per heavy atom. The third-order valence-electron chi connectivity index (χ3n) is 3.88. The maximum absolute atomic E-state index is 11.9. The second-order valence-corrected chi connectivity index (χ2v) is 5.05. The van der Waals surface area contributed by atoms with Crippen LogP contribution in [0.3, 0.4) is 0 Å². The lowest BCUT2D eigenvalue weighted by molar-refractivity contribution is 0.0685. The van der Waals surface area contributed by atoms with E-state index < -0.39 is 11.5 Å². The quantitative estimate of drug-likeness (QED) is 0.886. The molecule has 0 unspecified atom stereocenters. The predicted octanol–water partition coefficient (Wildman–Crippen LogP) is 1.39. The Kier molecular flexibility index (Phi) is 2.66. The highest BCUT2D eigenvalue weighted by Gasteiger charge is 2.22. The zero-order valence-electron chi connectivity index (χ0n) is 10.7. The highest BCUT2D eigenvalue weighted by molar-refractivity contribution is 5.86. The lowest BCUT2D eigenvalue weighted by Crippen LogP contribution is -2.22. The first-order valence-electron chi connectivity index (χ1n) is 6.41. The molecule has 0 radical (unpaired) electrons. The van der Waals surface area contributed by atoms with E-state index in [0.29, 0.717) is 11.6 Å².